The highest BCUT2D eigenvalue weighted by molar-refractivity contribution is 8.17. The van der Waals surface area contributed by atoms with E-state index in [1.54, 1.807) is 11.8 Å². The Labute approximate surface area is 191 Å². The SMILES string of the molecule is CC(C)CN1CCN(c2ccc(NC(=S)N=C(N)SCP3C=CC=CC3)cc2)CC1. The van der Waals surface area contributed by atoms with Crippen LogP contribution in [-0.4, -0.2) is 59.6 Å². The summed E-state index contributed by atoms with van der Waals surface area (Å²) in [5, 5.41) is 4.10. The molecule has 162 valence electrons. The molecule has 1 saturated heterocycles. The van der Waals surface area contributed by atoms with E-state index in [0.29, 0.717) is 10.3 Å². The smallest absolute Gasteiger partial charge is 0.199 e. The van der Waals surface area contributed by atoms with E-state index >= 15 is 0 Å². The van der Waals surface area contributed by atoms with Gasteiger partial charge in [0.2, 0.25) is 0 Å². The van der Waals surface area contributed by atoms with Crippen LogP contribution in [0.3, 0.4) is 0 Å². The van der Waals surface area contributed by atoms with E-state index in [0.717, 1.165) is 49.4 Å². The van der Waals surface area contributed by atoms with Crippen molar-refractivity contribution >= 4 is 53.6 Å². The number of benzene rings is 1. The number of allylic oxidation sites excluding steroid dienone is 3. The van der Waals surface area contributed by atoms with Gasteiger partial charge in [0.15, 0.2) is 10.3 Å². The summed E-state index contributed by atoms with van der Waals surface area (Å²) in [5.41, 5.74) is 9.22. The first-order valence-corrected chi connectivity index (χ1v) is 13.6. The summed E-state index contributed by atoms with van der Waals surface area (Å²) in [5.74, 6) is 3.00. The maximum atomic E-state index is 6.05. The number of aliphatic imine (C=N–C) groups is 1. The Hall–Kier alpha value is -1.40. The van der Waals surface area contributed by atoms with Crippen LogP contribution in [0, 0.1) is 5.92 Å². The molecular formula is C22H32N5PS2. The van der Waals surface area contributed by atoms with Gasteiger partial charge in [-0.05, 0) is 48.6 Å². The summed E-state index contributed by atoms with van der Waals surface area (Å²) in [6.45, 7) is 10.2. The Morgan fingerprint density at radius 2 is 1.93 bits per heavy atom. The number of thioether (sulfide) groups is 1. The Morgan fingerprint density at radius 1 is 1.20 bits per heavy atom. The van der Waals surface area contributed by atoms with Gasteiger partial charge in [0, 0.05) is 49.6 Å². The number of thiocarbonyl (C=S) groups is 1. The summed E-state index contributed by atoms with van der Waals surface area (Å²) in [6, 6.07) is 8.42. The van der Waals surface area contributed by atoms with Crippen molar-refractivity contribution in [1.82, 2.24) is 4.90 Å². The second-order valence-corrected chi connectivity index (χ2v) is 11.9. The second-order valence-electron chi connectivity index (χ2n) is 7.92. The fourth-order valence-corrected chi connectivity index (χ4v) is 6.74. The lowest BCUT2D eigenvalue weighted by Gasteiger charge is -2.36. The van der Waals surface area contributed by atoms with Crippen molar-refractivity contribution in [3.63, 3.8) is 0 Å². The molecular weight excluding hydrogens is 429 g/mol. The maximum absolute atomic E-state index is 6.05. The molecule has 0 spiro atoms. The number of nitrogens with two attached hydrogens (primary N) is 1. The molecule has 2 aliphatic rings. The summed E-state index contributed by atoms with van der Waals surface area (Å²) >= 11 is 6.94. The van der Waals surface area contributed by atoms with Crippen molar-refractivity contribution in [3.8, 4) is 0 Å². The fourth-order valence-electron chi connectivity index (χ4n) is 3.50. The van der Waals surface area contributed by atoms with Gasteiger partial charge in [0.05, 0.1) is 0 Å². The van der Waals surface area contributed by atoms with E-state index in [4.69, 9.17) is 18.0 Å². The van der Waals surface area contributed by atoms with E-state index < -0.39 is 0 Å². The molecule has 0 saturated carbocycles. The van der Waals surface area contributed by atoms with E-state index in [9.17, 15) is 0 Å². The van der Waals surface area contributed by atoms with Crippen LogP contribution < -0.4 is 16.0 Å². The molecule has 1 fully saturated rings. The molecule has 2 heterocycles. The highest BCUT2D eigenvalue weighted by Gasteiger charge is 2.17. The number of amidine groups is 1. The highest BCUT2D eigenvalue weighted by atomic mass is 32.2. The zero-order chi connectivity index (χ0) is 21.3. The minimum absolute atomic E-state index is 0.132. The average Bonchev–Trinajstić information content (AvgIpc) is 2.74. The quantitative estimate of drug-likeness (QED) is 0.276. The summed E-state index contributed by atoms with van der Waals surface area (Å²) < 4.78 is 0. The van der Waals surface area contributed by atoms with Crippen molar-refractivity contribution in [3.05, 3.63) is 48.3 Å². The van der Waals surface area contributed by atoms with Crippen LogP contribution in [0.5, 0.6) is 0 Å². The number of nitrogens with zero attached hydrogens (tertiary/aromatic N) is 3. The second kappa shape index (κ2) is 11.8. The van der Waals surface area contributed by atoms with Gasteiger partial charge in [-0.3, -0.25) is 4.90 Å². The molecule has 3 N–H and O–H groups in total. The predicted molar refractivity (Wildman–Crippen MR) is 140 cm³/mol. The third-order valence-corrected chi connectivity index (χ3v) is 8.65. The van der Waals surface area contributed by atoms with Crippen molar-refractivity contribution in [2.45, 2.75) is 13.8 Å². The lowest BCUT2D eigenvalue weighted by Crippen LogP contribution is -2.47. The van der Waals surface area contributed by atoms with Crippen LogP contribution in [0.1, 0.15) is 13.8 Å². The third kappa shape index (κ3) is 7.69. The molecule has 0 aromatic heterocycles. The van der Waals surface area contributed by atoms with Gasteiger partial charge in [-0.2, -0.15) is 4.99 Å². The number of rotatable bonds is 6. The Morgan fingerprint density at radius 3 is 2.57 bits per heavy atom. The summed E-state index contributed by atoms with van der Waals surface area (Å²) in [6.07, 6.45) is 7.54. The van der Waals surface area contributed by atoms with Crippen molar-refractivity contribution < 1.29 is 0 Å². The molecule has 30 heavy (non-hydrogen) atoms. The molecule has 1 unspecified atom stereocenters. The predicted octanol–water partition coefficient (Wildman–Crippen LogP) is 4.73. The zero-order valence-corrected chi connectivity index (χ0v) is 20.4. The van der Waals surface area contributed by atoms with E-state index in [2.05, 4.69) is 82.3 Å². The van der Waals surface area contributed by atoms with Gasteiger partial charge in [0.1, 0.15) is 0 Å². The van der Waals surface area contributed by atoms with Crippen LogP contribution >= 0.6 is 31.9 Å². The number of piperazine rings is 1. The van der Waals surface area contributed by atoms with E-state index in [1.165, 1.54) is 12.2 Å². The van der Waals surface area contributed by atoms with Gasteiger partial charge in [-0.1, -0.05) is 57.6 Å². The monoisotopic (exact) mass is 461 g/mol. The van der Waals surface area contributed by atoms with Gasteiger partial charge >= 0.3 is 0 Å². The fraction of sp³-hybridized carbons (Fsp3) is 0.455. The van der Waals surface area contributed by atoms with Crippen LogP contribution in [0.4, 0.5) is 11.4 Å². The molecule has 0 bridgehead atoms. The largest absolute Gasteiger partial charge is 0.378 e. The topological polar surface area (TPSA) is 56.9 Å². The van der Waals surface area contributed by atoms with Crippen LogP contribution in [0.15, 0.2) is 53.3 Å². The number of anilines is 2. The maximum Gasteiger partial charge on any atom is 0.199 e. The minimum Gasteiger partial charge on any atom is -0.378 e. The molecule has 1 aromatic rings. The van der Waals surface area contributed by atoms with Crippen LogP contribution in [0.25, 0.3) is 0 Å². The van der Waals surface area contributed by atoms with Gasteiger partial charge in [-0.15, -0.1) is 0 Å². The molecule has 2 aliphatic heterocycles. The number of hydrogen-bond acceptors (Lipinski definition) is 4. The summed E-state index contributed by atoms with van der Waals surface area (Å²) in [4.78, 5) is 9.33. The normalized spacial score (nSPS) is 20.0. The standard InChI is InChI=1S/C22H32N5PS2/c1-18(2)16-26-10-12-27(13-11-26)20-8-6-19(7-9-20)24-22(29)25-21(23)30-17-28-14-4-3-5-15-28/h3-9,14,18H,10-13,15-17H2,1-2H3,(H3,23,24,25,29). The lowest BCUT2D eigenvalue weighted by atomic mass is 10.2. The first kappa shape index (κ1) is 23.3. The number of nitrogens with one attached hydrogen (secondary N) is 1. The highest BCUT2D eigenvalue weighted by Crippen LogP contribution is 2.42. The lowest BCUT2D eigenvalue weighted by molar-refractivity contribution is 0.231. The zero-order valence-electron chi connectivity index (χ0n) is 17.8. The molecule has 0 amide bonds. The van der Waals surface area contributed by atoms with Gasteiger partial charge < -0.3 is 16.0 Å². The molecule has 1 aromatic carbocycles. The molecule has 1 atom stereocenters. The van der Waals surface area contributed by atoms with Crippen LogP contribution in [-0.2, 0) is 0 Å². The molecule has 0 radical (unpaired) electrons. The van der Waals surface area contributed by atoms with Crippen LogP contribution in [0.2, 0.25) is 0 Å². The van der Waals surface area contributed by atoms with E-state index in [1.807, 2.05) is 0 Å². The Balaban J connectivity index is 1.44. The number of hydrogen-bond donors (Lipinski definition) is 2. The molecule has 0 aliphatic carbocycles. The van der Waals surface area contributed by atoms with E-state index in [-0.39, 0.29) is 7.92 Å². The van der Waals surface area contributed by atoms with Gasteiger partial charge in [0.25, 0.3) is 0 Å². The average molecular weight is 462 g/mol. The van der Waals surface area contributed by atoms with Crippen molar-refractivity contribution in [1.29, 1.82) is 0 Å². The molecule has 3 rings (SSSR count). The van der Waals surface area contributed by atoms with Gasteiger partial charge in [-0.25, -0.2) is 0 Å². The molecule has 5 nitrogen and oxygen atoms in total. The Kier molecular flexibility index (Phi) is 9.19. The third-order valence-electron chi connectivity index (χ3n) is 4.95. The molecule has 8 heteroatoms. The first-order chi connectivity index (χ1) is 14.5. The Bertz CT molecular complexity index is 783. The summed E-state index contributed by atoms with van der Waals surface area (Å²) in [7, 11) is -0.132. The van der Waals surface area contributed by atoms with Crippen molar-refractivity contribution in [2.24, 2.45) is 16.6 Å². The first-order valence-electron chi connectivity index (χ1n) is 10.4. The van der Waals surface area contributed by atoms with Crippen molar-refractivity contribution in [2.75, 3.05) is 54.6 Å². The minimum atomic E-state index is -0.132.